The van der Waals surface area contributed by atoms with E-state index in [1.165, 1.54) is 29.5 Å². The first-order chi connectivity index (χ1) is 13.9. The van der Waals surface area contributed by atoms with Crippen LogP contribution in [-0.2, 0) is 11.2 Å². The Morgan fingerprint density at radius 2 is 1.90 bits per heavy atom. The molecule has 1 N–H and O–H groups in total. The summed E-state index contributed by atoms with van der Waals surface area (Å²) < 4.78 is 41.4. The Hall–Kier alpha value is -3.13. The monoisotopic (exact) mass is 415 g/mol. The van der Waals surface area contributed by atoms with E-state index in [0.717, 1.165) is 28.4 Å². The fraction of sp³-hybridized carbons (Fsp3) is 0.143. The Balaban J connectivity index is 1.49. The number of thiazole rings is 1. The summed E-state index contributed by atoms with van der Waals surface area (Å²) in [6, 6.07) is 9.13. The molecule has 2 aromatic carbocycles. The third-order valence-electron chi connectivity index (χ3n) is 4.59. The molecule has 4 rings (SSSR count). The fourth-order valence-electron chi connectivity index (χ4n) is 3.04. The number of fused-ring (bicyclic) bond motifs is 1. The predicted octanol–water partition coefficient (Wildman–Crippen LogP) is 4.90. The number of nitrogens with zero attached hydrogens (tertiary/aromatic N) is 2. The summed E-state index contributed by atoms with van der Waals surface area (Å²) in [5, 5.41) is 4.64. The number of aromatic nitrogens is 2. The number of hydrogen-bond acceptors (Lipinski definition) is 3. The van der Waals surface area contributed by atoms with Crippen LogP contribution in [0.3, 0.4) is 0 Å². The van der Waals surface area contributed by atoms with E-state index in [4.69, 9.17) is 0 Å². The number of hydrogen-bond donors (Lipinski definition) is 1. The molecule has 0 aliphatic carbocycles. The summed E-state index contributed by atoms with van der Waals surface area (Å²) in [6.45, 7) is 1.71. The van der Waals surface area contributed by atoms with Gasteiger partial charge < -0.3 is 5.32 Å². The van der Waals surface area contributed by atoms with E-state index < -0.39 is 17.7 Å². The van der Waals surface area contributed by atoms with Crippen molar-refractivity contribution in [2.75, 3.05) is 0 Å². The Kier molecular flexibility index (Phi) is 5.10. The lowest BCUT2D eigenvalue weighted by Gasteiger charge is -2.14. The number of carbonyl (C=O) groups is 1. The largest absolute Gasteiger partial charge is 0.349 e. The lowest BCUT2D eigenvalue weighted by atomic mass is 10.1. The van der Waals surface area contributed by atoms with Gasteiger partial charge in [0.2, 0.25) is 5.91 Å². The quantitative estimate of drug-likeness (QED) is 0.504. The highest BCUT2D eigenvalue weighted by atomic mass is 32.1. The van der Waals surface area contributed by atoms with Gasteiger partial charge in [0.15, 0.2) is 16.6 Å². The molecule has 0 aliphatic rings. The second-order valence-electron chi connectivity index (χ2n) is 6.65. The van der Waals surface area contributed by atoms with Crippen LogP contribution in [-0.4, -0.2) is 15.3 Å². The zero-order chi connectivity index (χ0) is 20.5. The molecule has 0 saturated heterocycles. The standard InChI is InChI=1S/C21H16F3N3OS/c1-12(14-4-7-17(23)18(24)8-14)25-20(28)9-16-11-29-21-26-19(10-27(16)21)13-2-5-15(22)6-3-13/h2-8,10-12H,9H2,1H3,(H,25,28). The van der Waals surface area contributed by atoms with Gasteiger partial charge in [0, 0.05) is 22.8 Å². The lowest BCUT2D eigenvalue weighted by Crippen LogP contribution is -2.28. The van der Waals surface area contributed by atoms with E-state index in [-0.39, 0.29) is 18.1 Å². The van der Waals surface area contributed by atoms with Gasteiger partial charge in [-0.3, -0.25) is 9.20 Å². The average Bonchev–Trinajstić information content (AvgIpc) is 3.26. The van der Waals surface area contributed by atoms with Crippen molar-refractivity contribution >= 4 is 22.2 Å². The van der Waals surface area contributed by atoms with Crippen molar-refractivity contribution < 1.29 is 18.0 Å². The van der Waals surface area contributed by atoms with E-state index in [9.17, 15) is 18.0 Å². The van der Waals surface area contributed by atoms with Crippen molar-refractivity contribution in [3.05, 3.63) is 82.8 Å². The summed E-state index contributed by atoms with van der Waals surface area (Å²) >= 11 is 1.40. The predicted molar refractivity (Wildman–Crippen MR) is 105 cm³/mol. The highest BCUT2D eigenvalue weighted by Gasteiger charge is 2.16. The second-order valence-corrected chi connectivity index (χ2v) is 7.49. The number of nitrogens with one attached hydrogen (secondary N) is 1. The molecule has 0 radical (unpaired) electrons. The molecule has 1 unspecified atom stereocenters. The molecular formula is C21H16F3N3OS. The summed E-state index contributed by atoms with van der Waals surface area (Å²) in [6.07, 6.45) is 1.91. The number of imidazole rings is 1. The molecule has 148 valence electrons. The van der Waals surface area contributed by atoms with Crippen molar-refractivity contribution in [1.82, 2.24) is 14.7 Å². The molecule has 0 bridgehead atoms. The Morgan fingerprint density at radius 3 is 2.62 bits per heavy atom. The molecule has 0 fully saturated rings. The number of carbonyl (C=O) groups excluding carboxylic acids is 1. The summed E-state index contributed by atoms with van der Waals surface area (Å²) in [4.78, 5) is 17.7. The molecule has 0 saturated carbocycles. The van der Waals surface area contributed by atoms with Crippen LogP contribution in [0.1, 0.15) is 24.2 Å². The molecule has 1 amide bonds. The highest BCUT2D eigenvalue weighted by molar-refractivity contribution is 7.15. The van der Waals surface area contributed by atoms with Gasteiger partial charge in [-0.2, -0.15) is 0 Å². The van der Waals surface area contributed by atoms with E-state index in [2.05, 4.69) is 10.3 Å². The molecule has 2 heterocycles. The molecule has 2 aromatic heterocycles. The molecule has 0 aliphatic heterocycles. The number of benzene rings is 2. The van der Waals surface area contributed by atoms with Crippen LogP contribution >= 0.6 is 11.3 Å². The van der Waals surface area contributed by atoms with Crippen molar-refractivity contribution in [1.29, 1.82) is 0 Å². The number of halogens is 3. The van der Waals surface area contributed by atoms with Crippen LogP contribution < -0.4 is 5.32 Å². The SMILES string of the molecule is CC(NC(=O)Cc1csc2nc(-c3ccc(F)cc3)cn12)c1ccc(F)c(F)c1. The molecule has 1 atom stereocenters. The van der Waals surface area contributed by atoms with Gasteiger partial charge in [0.25, 0.3) is 0 Å². The normalized spacial score (nSPS) is 12.3. The first-order valence-electron chi connectivity index (χ1n) is 8.86. The maximum atomic E-state index is 13.4. The van der Waals surface area contributed by atoms with Crippen molar-refractivity contribution in [2.45, 2.75) is 19.4 Å². The van der Waals surface area contributed by atoms with Crippen molar-refractivity contribution in [3.8, 4) is 11.3 Å². The van der Waals surface area contributed by atoms with Crippen LogP contribution in [0.25, 0.3) is 16.2 Å². The third kappa shape index (κ3) is 4.02. The first-order valence-corrected chi connectivity index (χ1v) is 9.74. The average molecular weight is 415 g/mol. The summed E-state index contributed by atoms with van der Waals surface area (Å²) in [5.41, 5.74) is 2.70. The number of amides is 1. The fourth-order valence-corrected chi connectivity index (χ4v) is 3.91. The Labute approximate surface area is 168 Å². The van der Waals surface area contributed by atoms with Gasteiger partial charge in [-0.15, -0.1) is 11.3 Å². The third-order valence-corrected chi connectivity index (χ3v) is 5.47. The lowest BCUT2D eigenvalue weighted by molar-refractivity contribution is -0.121. The van der Waals surface area contributed by atoms with Crippen LogP contribution in [0.2, 0.25) is 0 Å². The second kappa shape index (κ2) is 7.71. The summed E-state index contributed by atoms with van der Waals surface area (Å²) in [7, 11) is 0. The van der Waals surface area contributed by atoms with Gasteiger partial charge in [-0.25, -0.2) is 18.2 Å². The van der Waals surface area contributed by atoms with Crippen molar-refractivity contribution in [3.63, 3.8) is 0 Å². The molecule has 29 heavy (non-hydrogen) atoms. The van der Waals surface area contributed by atoms with E-state index in [1.807, 2.05) is 9.78 Å². The van der Waals surface area contributed by atoms with E-state index in [0.29, 0.717) is 11.3 Å². The molecule has 4 nitrogen and oxygen atoms in total. The number of rotatable bonds is 5. The molecular weight excluding hydrogens is 399 g/mol. The van der Waals surface area contributed by atoms with E-state index >= 15 is 0 Å². The molecule has 4 aromatic rings. The van der Waals surface area contributed by atoms with Crippen LogP contribution in [0, 0.1) is 17.5 Å². The smallest absolute Gasteiger partial charge is 0.226 e. The molecule has 0 spiro atoms. The maximum absolute atomic E-state index is 13.4. The van der Waals surface area contributed by atoms with Gasteiger partial charge in [0.05, 0.1) is 18.2 Å². The van der Waals surface area contributed by atoms with Crippen LogP contribution in [0.5, 0.6) is 0 Å². The van der Waals surface area contributed by atoms with Gasteiger partial charge in [-0.1, -0.05) is 6.07 Å². The minimum atomic E-state index is -0.949. The van der Waals surface area contributed by atoms with Crippen LogP contribution in [0.4, 0.5) is 13.2 Å². The summed E-state index contributed by atoms with van der Waals surface area (Å²) in [5.74, 6) is -2.44. The zero-order valence-corrected chi connectivity index (χ0v) is 16.1. The topological polar surface area (TPSA) is 46.4 Å². The zero-order valence-electron chi connectivity index (χ0n) is 15.3. The Bertz CT molecular complexity index is 1180. The van der Waals surface area contributed by atoms with Crippen LogP contribution in [0.15, 0.2) is 54.0 Å². The van der Waals surface area contributed by atoms with Gasteiger partial charge in [0.1, 0.15) is 5.82 Å². The minimum absolute atomic E-state index is 0.104. The minimum Gasteiger partial charge on any atom is -0.349 e. The van der Waals surface area contributed by atoms with Gasteiger partial charge in [-0.05, 0) is 48.9 Å². The van der Waals surface area contributed by atoms with Crippen molar-refractivity contribution in [2.24, 2.45) is 0 Å². The van der Waals surface area contributed by atoms with Gasteiger partial charge >= 0.3 is 0 Å². The van der Waals surface area contributed by atoms with E-state index in [1.54, 1.807) is 25.3 Å². The maximum Gasteiger partial charge on any atom is 0.226 e. The molecule has 8 heteroatoms. The first kappa shape index (κ1) is 19.2. The highest BCUT2D eigenvalue weighted by Crippen LogP contribution is 2.24. The Morgan fingerprint density at radius 1 is 1.14 bits per heavy atom.